The van der Waals surface area contributed by atoms with Crippen molar-refractivity contribution in [3.05, 3.63) is 12.3 Å². The van der Waals surface area contributed by atoms with Crippen LogP contribution in [-0.4, -0.2) is 16.9 Å². The Kier molecular flexibility index (Phi) is 0.798. The number of fused-ring (bicyclic) bond motifs is 1. The number of anilines is 2. The van der Waals surface area contributed by atoms with E-state index in [1.807, 2.05) is 0 Å². The summed E-state index contributed by atoms with van der Waals surface area (Å²) in [5.41, 5.74) is 0.977. The summed E-state index contributed by atoms with van der Waals surface area (Å²) in [6, 6.07) is 1.77. The molecule has 0 saturated carbocycles. The van der Waals surface area contributed by atoms with Crippen molar-refractivity contribution in [1.82, 2.24) is 10.2 Å². The minimum Gasteiger partial charge on any atom is -0.365 e. The molecule has 4 nitrogen and oxygen atoms in total. The van der Waals surface area contributed by atoms with Crippen molar-refractivity contribution in [1.29, 1.82) is 0 Å². The lowest BCUT2D eigenvalue weighted by atomic mass is 10.5. The SMILES string of the molecule is [c]1cc2c(nn1)NCN2. The Morgan fingerprint density at radius 1 is 1.56 bits per heavy atom. The Labute approximate surface area is 52.3 Å². The van der Waals surface area contributed by atoms with Crippen molar-refractivity contribution >= 4 is 11.5 Å². The van der Waals surface area contributed by atoms with E-state index in [2.05, 4.69) is 27.0 Å². The summed E-state index contributed by atoms with van der Waals surface area (Å²) in [6.45, 7) is 0.738. The van der Waals surface area contributed by atoms with Gasteiger partial charge < -0.3 is 10.6 Å². The lowest BCUT2D eigenvalue weighted by Gasteiger charge is -1.90. The van der Waals surface area contributed by atoms with Gasteiger partial charge in [0.15, 0.2) is 5.82 Å². The van der Waals surface area contributed by atoms with Gasteiger partial charge in [0.05, 0.1) is 12.4 Å². The highest BCUT2D eigenvalue weighted by Crippen LogP contribution is 2.19. The molecule has 45 valence electrons. The smallest absolute Gasteiger partial charge is 0.173 e. The molecule has 0 aromatic carbocycles. The molecule has 1 aliphatic heterocycles. The number of nitrogens with zero attached hydrogens (tertiary/aromatic N) is 2. The molecule has 1 aliphatic rings. The van der Waals surface area contributed by atoms with Crippen LogP contribution in [0.1, 0.15) is 0 Å². The molecule has 2 heterocycles. The third-order valence-electron chi connectivity index (χ3n) is 1.21. The fourth-order valence-corrected chi connectivity index (χ4v) is 0.783. The highest BCUT2D eigenvalue weighted by Gasteiger charge is 2.07. The van der Waals surface area contributed by atoms with Crippen LogP contribution in [-0.2, 0) is 0 Å². The van der Waals surface area contributed by atoms with E-state index in [0.29, 0.717) is 0 Å². The van der Waals surface area contributed by atoms with Gasteiger partial charge in [-0.2, -0.15) is 0 Å². The average molecular weight is 121 g/mol. The van der Waals surface area contributed by atoms with Gasteiger partial charge in [-0.3, -0.25) is 0 Å². The second kappa shape index (κ2) is 1.58. The zero-order valence-corrected chi connectivity index (χ0v) is 4.68. The molecule has 1 aromatic rings. The molecule has 0 spiro atoms. The molecule has 1 aromatic heterocycles. The fourth-order valence-electron chi connectivity index (χ4n) is 0.783. The predicted molar refractivity (Wildman–Crippen MR) is 33.0 cm³/mol. The van der Waals surface area contributed by atoms with Crippen molar-refractivity contribution < 1.29 is 0 Å². The van der Waals surface area contributed by atoms with Gasteiger partial charge >= 0.3 is 0 Å². The van der Waals surface area contributed by atoms with Gasteiger partial charge in [0.25, 0.3) is 0 Å². The van der Waals surface area contributed by atoms with E-state index < -0.39 is 0 Å². The van der Waals surface area contributed by atoms with Crippen molar-refractivity contribution in [3.63, 3.8) is 0 Å². The molecule has 0 amide bonds. The fraction of sp³-hybridized carbons (Fsp3) is 0.200. The Morgan fingerprint density at radius 2 is 2.56 bits per heavy atom. The zero-order chi connectivity index (χ0) is 6.10. The maximum Gasteiger partial charge on any atom is 0.173 e. The van der Waals surface area contributed by atoms with E-state index in [1.54, 1.807) is 6.07 Å². The second-order valence-electron chi connectivity index (χ2n) is 1.77. The first-order valence-electron chi connectivity index (χ1n) is 2.68. The first-order valence-corrected chi connectivity index (χ1v) is 2.68. The summed E-state index contributed by atoms with van der Waals surface area (Å²) in [5, 5.41) is 13.4. The van der Waals surface area contributed by atoms with Gasteiger partial charge in [-0.25, -0.2) is 0 Å². The van der Waals surface area contributed by atoms with E-state index >= 15 is 0 Å². The number of hydrogen-bond donors (Lipinski definition) is 2. The van der Waals surface area contributed by atoms with Gasteiger partial charge in [0, 0.05) is 0 Å². The lowest BCUT2D eigenvalue weighted by molar-refractivity contribution is 1.03. The average Bonchev–Trinajstić information content (AvgIpc) is 2.33. The summed E-state index contributed by atoms with van der Waals surface area (Å²) in [5.74, 6) is 0.814. The Balaban J connectivity index is 2.54. The van der Waals surface area contributed by atoms with Crippen LogP contribution in [0.5, 0.6) is 0 Å². The molecule has 2 rings (SSSR count). The quantitative estimate of drug-likeness (QED) is 0.510. The minimum absolute atomic E-state index is 0.738. The van der Waals surface area contributed by atoms with Crippen molar-refractivity contribution in [2.45, 2.75) is 0 Å². The number of rotatable bonds is 0. The largest absolute Gasteiger partial charge is 0.365 e. The van der Waals surface area contributed by atoms with Crippen LogP contribution in [0, 0.1) is 6.20 Å². The normalized spacial score (nSPS) is 13.8. The van der Waals surface area contributed by atoms with Crippen LogP contribution in [0.2, 0.25) is 0 Å². The second-order valence-corrected chi connectivity index (χ2v) is 1.77. The maximum absolute atomic E-state index is 3.78. The molecule has 0 aliphatic carbocycles. The Morgan fingerprint density at radius 3 is 3.44 bits per heavy atom. The zero-order valence-electron chi connectivity index (χ0n) is 4.68. The predicted octanol–water partition coefficient (Wildman–Crippen LogP) is 0.0717. The third-order valence-corrected chi connectivity index (χ3v) is 1.21. The Hall–Kier alpha value is -1.32. The first kappa shape index (κ1) is 4.55. The monoisotopic (exact) mass is 121 g/mol. The van der Waals surface area contributed by atoms with Crippen molar-refractivity contribution in [2.75, 3.05) is 17.3 Å². The molecule has 0 bridgehead atoms. The number of nitrogens with one attached hydrogen (secondary N) is 2. The first-order chi connectivity index (χ1) is 4.47. The van der Waals surface area contributed by atoms with Crippen LogP contribution >= 0.6 is 0 Å². The molecular weight excluding hydrogens is 116 g/mol. The van der Waals surface area contributed by atoms with Gasteiger partial charge in [-0.1, -0.05) is 0 Å². The van der Waals surface area contributed by atoms with E-state index in [1.165, 1.54) is 0 Å². The molecule has 0 unspecified atom stereocenters. The van der Waals surface area contributed by atoms with Crippen LogP contribution in [0.4, 0.5) is 11.5 Å². The van der Waals surface area contributed by atoms with Crippen LogP contribution in [0.3, 0.4) is 0 Å². The van der Waals surface area contributed by atoms with E-state index in [0.717, 1.165) is 18.2 Å². The lowest BCUT2D eigenvalue weighted by Crippen LogP contribution is -1.99. The van der Waals surface area contributed by atoms with Crippen LogP contribution in [0.15, 0.2) is 6.07 Å². The highest BCUT2D eigenvalue weighted by molar-refractivity contribution is 5.67. The van der Waals surface area contributed by atoms with Gasteiger partial charge in [0.1, 0.15) is 6.20 Å². The molecule has 9 heavy (non-hydrogen) atoms. The van der Waals surface area contributed by atoms with Gasteiger partial charge in [-0.15, -0.1) is 10.2 Å². The highest BCUT2D eigenvalue weighted by atomic mass is 15.3. The molecule has 0 saturated heterocycles. The molecule has 2 N–H and O–H groups in total. The number of aromatic nitrogens is 2. The minimum atomic E-state index is 0.738. The maximum atomic E-state index is 3.78. The van der Waals surface area contributed by atoms with E-state index in [-0.39, 0.29) is 0 Å². The van der Waals surface area contributed by atoms with E-state index in [9.17, 15) is 0 Å². The topological polar surface area (TPSA) is 49.8 Å². The van der Waals surface area contributed by atoms with Crippen molar-refractivity contribution in [3.8, 4) is 0 Å². The van der Waals surface area contributed by atoms with Gasteiger partial charge in [-0.05, 0) is 6.07 Å². The van der Waals surface area contributed by atoms with Gasteiger partial charge in [0.2, 0.25) is 0 Å². The summed E-state index contributed by atoms with van der Waals surface area (Å²) in [7, 11) is 0. The molecule has 0 fully saturated rings. The standard InChI is InChI=1S/C5H5N4/c1-2-8-9-5-4(1)6-3-7-5/h1,6H,3H2,(H,7,9). The van der Waals surface area contributed by atoms with E-state index in [4.69, 9.17) is 0 Å². The van der Waals surface area contributed by atoms with Crippen molar-refractivity contribution in [2.24, 2.45) is 0 Å². The van der Waals surface area contributed by atoms with Crippen LogP contribution < -0.4 is 10.6 Å². The Bertz CT molecular complexity index is 199. The molecule has 1 radical (unpaired) electrons. The summed E-state index contributed by atoms with van der Waals surface area (Å²) >= 11 is 0. The third kappa shape index (κ3) is 0.595. The number of hydrogen-bond acceptors (Lipinski definition) is 4. The summed E-state index contributed by atoms with van der Waals surface area (Å²) < 4.78 is 0. The molecule has 0 atom stereocenters. The summed E-state index contributed by atoms with van der Waals surface area (Å²) in [4.78, 5) is 0. The molecule has 4 heteroatoms. The molecular formula is C5H5N4. The summed E-state index contributed by atoms with van der Waals surface area (Å²) in [6.07, 6.45) is 2.63. The van der Waals surface area contributed by atoms with Crippen LogP contribution in [0.25, 0.3) is 0 Å².